The third kappa shape index (κ3) is 3.48. The number of nitrogens with zero attached hydrogens (tertiary/aromatic N) is 1. The molecule has 0 saturated carbocycles. The number of carboxylic acids is 1. The summed E-state index contributed by atoms with van der Waals surface area (Å²) < 4.78 is 10.8. The molecule has 1 heterocycles. The van der Waals surface area contributed by atoms with Crippen LogP contribution in [0.15, 0.2) is 0 Å². The number of nitrogens with one attached hydrogen (secondary N) is 1. The van der Waals surface area contributed by atoms with Crippen molar-refractivity contribution in [2.45, 2.75) is 18.9 Å². The van der Waals surface area contributed by atoms with E-state index in [-0.39, 0.29) is 6.03 Å². The zero-order valence-corrected chi connectivity index (χ0v) is 9.96. The fourth-order valence-electron chi connectivity index (χ4n) is 1.67. The summed E-state index contributed by atoms with van der Waals surface area (Å²) in [6, 6.07) is -1.09. The van der Waals surface area contributed by atoms with Gasteiger partial charge in [0.1, 0.15) is 6.04 Å². The molecule has 7 heteroatoms. The van der Waals surface area contributed by atoms with Crippen LogP contribution in [0, 0.1) is 0 Å². The Hall–Kier alpha value is -1.11. The first-order valence-corrected chi connectivity index (χ1v) is 6.82. The van der Waals surface area contributed by atoms with Gasteiger partial charge < -0.3 is 15.3 Å². The van der Waals surface area contributed by atoms with Crippen molar-refractivity contribution < 1.29 is 18.9 Å². The summed E-state index contributed by atoms with van der Waals surface area (Å²) in [5.74, 6) is -0.580. The maximum Gasteiger partial charge on any atom is 0.326 e. The number of rotatable bonds is 4. The third-order valence-corrected chi connectivity index (χ3v) is 3.24. The third-order valence-electron chi connectivity index (χ3n) is 2.46. The van der Waals surface area contributed by atoms with Crippen molar-refractivity contribution in [2.24, 2.45) is 0 Å². The van der Waals surface area contributed by atoms with Gasteiger partial charge in [0, 0.05) is 35.9 Å². The molecule has 1 aliphatic heterocycles. The van der Waals surface area contributed by atoms with E-state index < -0.39 is 22.8 Å². The molecule has 0 spiro atoms. The fourth-order valence-corrected chi connectivity index (χ4v) is 2.06. The number of carbonyl (C=O) groups excluding carboxylic acids is 1. The van der Waals surface area contributed by atoms with Crippen LogP contribution >= 0.6 is 0 Å². The van der Waals surface area contributed by atoms with E-state index in [2.05, 4.69) is 5.32 Å². The number of amides is 2. The Bertz CT molecular complexity index is 308. The second-order valence-electron chi connectivity index (χ2n) is 3.70. The van der Waals surface area contributed by atoms with Crippen molar-refractivity contribution in [2.75, 3.05) is 25.1 Å². The summed E-state index contributed by atoms with van der Waals surface area (Å²) in [5, 5.41) is 11.4. The van der Waals surface area contributed by atoms with Crippen LogP contribution in [0.5, 0.6) is 0 Å². The van der Waals surface area contributed by atoms with Gasteiger partial charge in [-0.3, -0.25) is 4.21 Å². The summed E-state index contributed by atoms with van der Waals surface area (Å²) in [7, 11) is -0.951. The molecule has 1 aliphatic rings. The normalized spacial score (nSPS) is 21.8. The van der Waals surface area contributed by atoms with E-state index in [1.807, 2.05) is 0 Å². The zero-order chi connectivity index (χ0) is 12.1. The molecule has 1 saturated heterocycles. The highest BCUT2D eigenvalue weighted by Crippen LogP contribution is 2.16. The van der Waals surface area contributed by atoms with Gasteiger partial charge in [-0.2, -0.15) is 0 Å². The topological polar surface area (TPSA) is 86.7 Å². The lowest BCUT2D eigenvalue weighted by molar-refractivity contribution is -0.141. The summed E-state index contributed by atoms with van der Waals surface area (Å²) in [6.07, 6.45) is 2.77. The Morgan fingerprint density at radius 2 is 2.25 bits per heavy atom. The van der Waals surface area contributed by atoms with Crippen LogP contribution in [-0.4, -0.2) is 57.4 Å². The standard InChI is InChI=1S/C9H16N2O4S/c1-16(15)6-4-10-9(14)11-5-2-3-7(11)8(12)13/h7H,2-6H2,1H3,(H,10,14)(H,12,13)/t7-,16?/m0/s1. The van der Waals surface area contributed by atoms with Crippen LogP contribution in [0.25, 0.3) is 0 Å². The molecule has 6 nitrogen and oxygen atoms in total. The van der Waals surface area contributed by atoms with Gasteiger partial charge in [-0.1, -0.05) is 0 Å². The fraction of sp³-hybridized carbons (Fsp3) is 0.778. The van der Waals surface area contributed by atoms with Crippen LogP contribution < -0.4 is 5.32 Å². The van der Waals surface area contributed by atoms with Gasteiger partial charge in [-0.25, -0.2) is 9.59 Å². The minimum atomic E-state index is -0.966. The first-order valence-electron chi connectivity index (χ1n) is 5.09. The Kier molecular flexibility index (Phi) is 4.72. The molecule has 0 aromatic rings. The van der Waals surface area contributed by atoms with Gasteiger partial charge in [0.15, 0.2) is 0 Å². The quantitative estimate of drug-likeness (QED) is 0.710. The molecule has 92 valence electrons. The molecular weight excluding hydrogens is 232 g/mol. The molecule has 16 heavy (non-hydrogen) atoms. The summed E-state index contributed by atoms with van der Waals surface area (Å²) in [4.78, 5) is 23.7. The van der Waals surface area contributed by atoms with Gasteiger partial charge in [0.2, 0.25) is 0 Å². The average molecular weight is 248 g/mol. The van der Waals surface area contributed by atoms with Crippen LogP contribution in [0.1, 0.15) is 12.8 Å². The van der Waals surface area contributed by atoms with Crippen molar-refractivity contribution in [3.63, 3.8) is 0 Å². The molecule has 1 rings (SSSR count). The minimum absolute atomic E-state index is 0.310. The summed E-state index contributed by atoms with van der Waals surface area (Å²) in [6.45, 7) is 0.781. The SMILES string of the molecule is CS(=O)CCNC(=O)N1CCC[C@H]1C(=O)O. The molecule has 2 amide bonds. The number of likely N-dealkylation sites (tertiary alicyclic amines) is 1. The van der Waals surface area contributed by atoms with E-state index in [4.69, 9.17) is 5.11 Å². The molecule has 0 aromatic heterocycles. The number of urea groups is 1. The Balaban J connectivity index is 2.41. The van der Waals surface area contributed by atoms with Gasteiger partial charge >= 0.3 is 12.0 Å². The van der Waals surface area contributed by atoms with Gasteiger partial charge in [-0.15, -0.1) is 0 Å². The Labute approximate surface area is 96.5 Å². The van der Waals surface area contributed by atoms with E-state index in [9.17, 15) is 13.8 Å². The lowest BCUT2D eigenvalue weighted by Gasteiger charge is -2.21. The maximum absolute atomic E-state index is 11.6. The molecule has 0 bridgehead atoms. The molecule has 0 aliphatic carbocycles. The van der Waals surface area contributed by atoms with E-state index in [0.29, 0.717) is 31.7 Å². The van der Waals surface area contributed by atoms with Crippen LogP contribution in [0.4, 0.5) is 4.79 Å². The maximum atomic E-state index is 11.6. The first-order chi connectivity index (χ1) is 7.52. The van der Waals surface area contributed by atoms with Crippen molar-refractivity contribution >= 4 is 22.8 Å². The van der Waals surface area contributed by atoms with Crippen molar-refractivity contribution in [3.05, 3.63) is 0 Å². The smallest absolute Gasteiger partial charge is 0.326 e. The van der Waals surface area contributed by atoms with Crippen molar-refractivity contribution in [1.29, 1.82) is 0 Å². The molecule has 1 unspecified atom stereocenters. The highest BCUT2D eigenvalue weighted by atomic mass is 32.2. The molecule has 2 atom stereocenters. The van der Waals surface area contributed by atoms with Gasteiger partial charge in [0.05, 0.1) is 0 Å². The number of carbonyl (C=O) groups is 2. The van der Waals surface area contributed by atoms with Crippen LogP contribution in [-0.2, 0) is 15.6 Å². The van der Waals surface area contributed by atoms with Crippen molar-refractivity contribution in [1.82, 2.24) is 10.2 Å². The number of hydrogen-bond acceptors (Lipinski definition) is 3. The zero-order valence-electron chi connectivity index (χ0n) is 9.14. The average Bonchev–Trinajstić information content (AvgIpc) is 2.65. The van der Waals surface area contributed by atoms with E-state index >= 15 is 0 Å². The lowest BCUT2D eigenvalue weighted by atomic mass is 10.2. The number of carboxylic acid groups (broad SMARTS) is 1. The Morgan fingerprint density at radius 3 is 2.81 bits per heavy atom. The second kappa shape index (κ2) is 5.83. The molecule has 1 fully saturated rings. The largest absolute Gasteiger partial charge is 0.480 e. The van der Waals surface area contributed by atoms with Crippen LogP contribution in [0.3, 0.4) is 0 Å². The second-order valence-corrected chi connectivity index (χ2v) is 5.25. The Morgan fingerprint density at radius 1 is 1.56 bits per heavy atom. The highest BCUT2D eigenvalue weighted by molar-refractivity contribution is 7.84. The summed E-state index contributed by atoms with van der Waals surface area (Å²) >= 11 is 0. The number of hydrogen-bond donors (Lipinski definition) is 2. The lowest BCUT2D eigenvalue weighted by Crippen LogP contribution is -2.46. The predicted molar refractivity (Wildman–Crippen MR) is 59.7 cm³/mol. The minimum Gasteiger partial charge on any atom is -0.480 e. The van der Waals surface area contributed by atoms with Gasteiger partial charge in [-0.05, 0) is 12.8 Å². The van der Waals surface area contributed by atoms with Gasteiger partial charge in [0.25, 0.3) is 0 Å². The monoisotopic (exact) mass is 248 g/mol. The molecular formula is C9H16N2O4S. The van der Waals surface area contributed by atoms with E-state index in [1.165, 1.54) is 4.90 Å². The van der Waals surface area contributed by atoms with Crippen LogP contribution in [0.2, 0.25) is 0 Å². The number of aliphatic carboxylic acids is 1. The van der Waals surface area contributed by atoms with E-state index in [0.717, 1.165) is 0 Å². The molecule has 2 N–H and O–H groups in total. The first kappa shape index (κ1) is 13.0. The van der Waals surface area contributed by atoms with Crippen molar-refractivity contribution in [3.8, 4) is 0 Å². The molecule has 0 aromatic carbocycles. The highest BCUT2D eigenvalue weighted by Gasteiger charge is 2.33. The molecule has 0 radical (unpaired) electrons. The van der Waals surface area contributed by atoms with E-state index in [1.54, 1.807) is 6.26 Å². The predicted octanol–water partition coefficient (Wildman–Crippen LogP) is -0.376. The summed E-state index contributed by atoms with van der Waals surface area (Å²) in [5.41, 5.74) is 0.